The number of nitrogens with zero attached hydrogens (tertiary/aromatic N) is 2. The van der Waals surface area contributed by atoms with Crippen LogP contribution in [0.4, 0.5) is 0 Å². The van der Waals surface area contributed by atoms with E-state index < -0.39 is 0 Å². The van der Waals surface area contributed by atoms with Gasteiger partial charge >= 0.3 is 0 Å². The van der Waals surface area contributed by atoms with E-state index >= 15 is 0 Å². The Hall–Kier alpha value is -0.840. The topological polar surface area (TPSA) is 55.9 Å². The van der Waals surface area contributed by atoms with E-state index in [1.165, 1.54) is 0 Å². The lowest BCUT2D eigenvalue weighted by molar-refractivity contribution is 0.530. The van der Waals surface area contributed by atoms with Gasteiger partial charge in [0.2, 0.25) is 0 Å². The molecule has 1 aromatic rings. The summed E-state index contributed by atoms with van der Waals surface area (Å²) in [5.74, 6) is 5.45. The van der Waals surface area contributed by atoms with E-state index in [9.17, 15) is 0 Å². The van der Waals surface area contributed by atoms with Crippen molar-refractivity contribution in [3.05, 3.63) is 29.1 Å². The Labute approximate surface area is 95.1 Å². The van der Waals surface area contributed by atoms with Crippen LogP contribution in [0.5, 0.6) is 0 Å². The van der Waals surface area contributed by atoms with Gasteiger partial charge in [-0.25, -0.2) is 0 Å². The van der Waals surface area contributed by atoms with Crippen LogP contribution in [-0.4, -0.2) is 15.8 Å². The molecule has 0 fully saturated rings. The van der Waals surface area contributed by atoms with E-state index in [1.54, 1.807) is 4.68 Å². The van der Waals surface area contributed by atoms with Crippen LogP contribution in [0.15, 0.2) is 12.7 Å². The molecule has 1 aromatic heterocycles. The summed E-state index contributed by atoms with van der Waals surface area (Å²) >= 11 is 6.12. The maximum Gasteiger partial charge on any atom is 0.130 e. The molecular formula is C10H17ClN4. The van der Waals surface area contributed by atoms with Gasteiger partial charge in [0.15, 0.2) is 0 Å². The van der Waals surface area contributed by atoms with Crippen LogP contribution < -0.4 is 11.3 Å². The zero-order valence-corrected chi connectivity index (χ0v) is 9.88. The molecule has 0 aliphatic carbocycles. The minimum absolute atomic E-state index is 0.155. The highest BCUT2D eigenvalue weighted by Crippen LogP contribution is 2.20. The lowest BCUT2D eigenvalue weighted by atomic mass is 10.0. The molecule has 1 rings (SSSR count). The van der Waals surface area contributed by atoms with Crippen LogP contribution in [0.25, 0.3) is 0 Å². The first-order valence-corrected chi connectivity index (χ1v) is 5.23. The van der Waals surface area contributed by atoms with Gasteiger partial charge in [0.1, 0.15) is 5.15 Å². The average molecular weight is 229 g/mol. The quantitative estimate of drug-likeness (QED) is 0.454. The number of nitrogens with two attached hydrogens (primary N) is 1. The maximum absolute atomic E-state index is 6.12. The smallest absolute Gasteiger partial charge is 0.130 e. The fourth-order valence-corrected chi connectivity index (χ4v) is 1.82. The van der Waals surface area contributed by atoms with Crippen LogP contribution in [0.2, 0.25) is 5.15 Å². The molecule has 5 heteroatoms. The van der Waals surface area contributed by atoms with Gasteiger partial charge in [-0.3, -0.25) is 16.0 Å². The zero-order valence-electron chi connectivity index (χ0n) is 9.13. The fourth-order valence-electron chi connectivity index (χ4n) is 1.56. The second-order valence-corrected chi connectivity index (χ2v) is 3.93. The summed E-state index contributed by atoms with van der Waals surface area (Å²) < 4.78 is 1.67. The summed E-state index contributed by atoms with van der Waals surface area (Å²) in [6.07, 6.45) is 3.41. The molecule has 1 atom stereocenters. The molecule has 84 valence electrons. The van der Waals surface area contributed by atoms with Crippen molar-refractivity contribution in [2.75, 3.05) is 0 Å². The maximum atomic E-state index is 6.12. The summed E-state index contributed by atoms with van der Waals surface area (Å²) in [5, 5.41) is 4.93. The second kappa shape index (κ2) is 5.30. The zero-order chi connectivity index (χ0) is 11.4. The van der Waals surface area contributed by atoms with Gasteiger partial charge in [-0.1, -0.05) is 17.7 Å². The van der Waals surface area contributed by atoms with Crippen LogP contribution in [0.3, 0.4) is 0 Å². The molecule has 1 heterocycles. The molecule has 0 radical (unpaired) electrons. The van der Waals surface area contributed by atoms with Crippen molar-refractivity contribution in [2.24, 2.45) is 12.9 Å². The van der Waals surface area contributed by atoms with Crippen LogP contribution in [-0.2, 0) is 13.5 Å². The number of hydrazine groups is 1. The second-order valence-electron chi connectivity index (χ2n) is 3.57. The highest BCUT2D eigenvalue weighted by molar-refractivity contribution is 6.30. The number of hydrogen-bond acceptors (Lipinski definition) is 3. The predicted octanol–water partition coefficient (Wildman–Crippen LogP) is 1.33. The Kier molecular flexibility index (Phi) is 4.32. The van der Waals surface area contributed by atoms with Gasteiger partial charge in [0, 0.05) is 18.7 Å². The number of hydrogen-bond donors (Lipinski definition) is 2. The molecule has 0 aliphatic heterocycles. The van der Waals surface area contributed by atoms with Crippen molar-refractivity contribution >= 4 is 11.6 Å². The normalized spacial score (nSPS) is 12.8. The Morgan fingerprint density at radius 1 is 1.73 bits per heavy atom. The van der Waals surface area contributed by atoms with Crippen molar-refractivity contribution in [2.45, 2.75) is 25.8 Å². The van der Waals surface area contributed by atoms with Gasteiger partial charge in [0.25, 0.3) is 0 Å². The molecule has 0 saturated heterocycles. The fraction of sp³-hybridized carbons (Fsp3) is 0.500. The number of halogens is 1. The third-order valence-electron chi connectivity index (χ3n) is 2.41. The van der Waals surface area contributed by atoms with Gasteiger partial charge < -0.3 is 0 Å². The minimum atomic E-state index is 0.155. The van der Waals surface area contributed by atoms with Crippen molar-refractivity contribution in [3.8, 4) is 0 Å². The third-order valence-corrected chi connectivity index (χ3v) is 2.88. The monoisotopic (exact) mass is 228 g/mol. The van der Waals surface area contributed by atoms with E-state index in [1.807, 2.05) is 20.0 Å². The molecule has 0 aliphatic rings. The molecule has 15 heavy (non-hydrogen) atoms. The van der Waals surface area contributed by atoms with E-state index in [-0.39, 0.29) is 6.04 Å². The number of rotatable bonds is 5. The van der Waals surface area contributed by atoms with E-state index in [0.717, 1.165) is 24.1 Å². The van der Waals surface area contributed by atoms with E-state index in [0.29, 0.717) is 5.15 Å². The van der Waals surface area contributed by atoms with Crippen molar-refractivity contribution in [1.29, 1.82) is 0 Å². The molecular weight excluding hydrogens is 212 g/mol. The van der Waals surface area contributed by atoms with Crippen LogP contribution in [0, 0.1) is 6.92 Å². The van der Waals surface area contributed by atoms with Gasteiger partial charge in [-0.15, -0.1) is 6.58 Å². The van der Waals surface area contributed by atoms with Crippen LogP contribution >= 0.6 is 11.6 Å². The minimum Gasteiger partial charge on any atom is -0.271 e. The molecule has 0 amide bonds. The largest absolute Gasteiger partial charge is 0.271 e. The molecule has 1 unspecified atom stereocenters. The Bertz CT molecular complexity index is 345. The summed E-state index contributed by atoms with van der Waals surface area (Å²) in [6.45, 7) is 5.64. The predicted molar refractivity (Wildman–Crippen MR) is 62.6 cm³/mol. The molecule has 0 bridgehead atoms. The van der Waals surface area contributed by atoms with E-state index in [4.69, 9.17) is 17.4 Å². The van der Waals surface area contributed by atoms with Crippen LogP contribution in [0.1, 0.15) is 17.7 Å². The first-order chi connectivity index (χ1) is 7.10. The van der Waals surface area contributed by atoms with Gasteiger partial charge in [-0.05, 0) is 19.8 Å². The summed E-state index contributed by atoms with van der Waals surface area (Å²) in [7, 11) is 1.83. The van der Waals surface area contributed by atoms with Gasteiger partial charge in [-0.2, -0.15) is 5.10 Å². The third kappa shape index (κ3) is 2.81. The number of aromatic nitrogens is 2. The summed E-state index contributed by atoms with van der Waals surface area (Å²) in [6, 6.07) is 0.155. The highest BCUT2D eigenvalue weighted by Gasteiger charge is 2.15. The SMILES string of the molecule is C=CCC(Cc1c(C)nn(C)c1Cl)NN. The Morgan fingerprint density at radius 3 is 2.80 bits per heavy atom. The Balaban J connectivity index is 2.82. The molecule has 0 saturated carbocycles. The van der Waals surface area contributed by atoms with Crippen molar-refractivity contribution in [1.82, 2.24) is 15.2 Å². The summed E-state index contributed by atoms with van der Waals surface area (Å²) in [5.41, 5.74) is 4.74. The Morgan fingerprint density at radius 2 is 2.40 bits per heavy atom. The first kappa shape index (κ1) is 12.2. The molecule has 3 N–H and O–H groups in total. The highest BCUT2D eigenvalue weighted by atomic mass is 35.5. The molecule has 0 aromatic carbocycles. The molecule has 4 nitrogen and oxygen atoms in total. The van der Waals surface area contributed by atoms with E-state index in [2.05, 4.69) is 17.1 Å². The average Bonchev–Trinajstić information content (AvgIpc) is 2.44. The number of aryl methyl sites for hydroxylation is 2. The lowest BCUT2D eigenvalue weighted by Gasteiger charge is -2.13. The first-order valence-electron chi connectivity index (χ1n) is 4.85. The molecule has 0 spiro atoms. The number of nitrogens with one attached hydrogen (secondary N) is 1. The van der Waals surface area contributed by atoms with Gasteiger partial charge in [0.05, 0.1) is 5.69 Å². The van der Waals surface area contributed by atoms with Crippen molar-refractivity contribution < 1.29 is 0 Å². The summed E-state index contributed by atoms with van der Waals surface area (Å²) in [4.78, 5) is 0. The standard InChI is InChI=1S/C10H17ClN4/c1-4-5-8(13-12)6-9-7(2)14-15(3)10(9)11/h4,8,13H,1,5-6,12H2,2-3H3. The lowest BCUT2D eigenvalue weighted by Crippen LogP contribution is -2.36. The van der Waals surface area contributed by atoms with Crippen molar-refractivity contribution in [3.63, 3.8) is 0 Å².